The molecule has 0 aromatic rings. The average Bonchev–Trinajstić information content (AvgIpc) is 2.38. The molecule has 104 valence electrons. The minimum atomic E-state index is 0.00197. The van der Waals surface area contributed by atoms with Crippen molar-refractivity contribution in [1.82, 2.24) is 10.2 Å². The normalized spacial score (nSPS) is 24.1. The molecule has 1 heterocycles. The van der Waals surface area contributed by atoms with Crippen molar-refractivity contribution in [2.45, 2.75) is 40.2 Å². The SMILES string of the molecule is CCC1N=C(SCCN(CC)CC)NC(=O)C1C. The lowest BCUT2D eigenvalue weighted by Crippen LogP contribution is -2.43. The van der Waals surface area contributed by atoms with Crippen LogP contribution in [0.3, 0.4) is 0 Å². The number of carbonyl (C=O) groups excluding carboxylic acids is 1. The second-order valence-corrected chi connectivity index (χ2v) is 5.65. The third kappa shape index (κ3) is 4.28. The summed E-state index contributed by atoms with van der Waals surface area (Å²) < 4.78 is 0. The fourth-order valence-corrected chi connectivity index (χ4v) is 2.94. The third-order valence-corrected chi connectivity index (χ3v) is 4.33. The number of thioether (sulfide) groups is 1. The van der Waals surface area contributed by atoms with Crippen LogP contribution >= 0.6 is 11.8 Å². The molecule has 0 aliphatic carbocycles. The van der Waals surface area contributed by atoms with Crippen LogP contribution in [0.5, 0.6) is 0 Å². The van der Waals surface area contributed by atoms with E-state index in [4.69, 9.17) is 0 Å². The van der Waals surface area contributed by atoms with E-state index in [0.717, 1.165) is 37.0 Å². The van der Waals surface area contributed by atoms with Gasteiger partial charge in [-0.05, 0) is 19.5 Å². The summed E-state index contributed by atoms with van der Waals surface area (Å²) in [4.78, 5) is 18.7. The second-order valence-electron chi connectivity index (χ2n) is 4.56. The zero-order valence-electron chi connectivity index (χ0n) is 11.9. The number of carbonyl (C=O) groups is 1. The van der Waals surface area contributed by atoms with Gasteiger partial charge in [-0.1, -0.05) is 39.5 Å². The van der Waals surface area contributed by atoms with E-state index in [9.17, 15) is 4.79 Å². The van der Waals surface area contributed by atoms with Gasteiger partial charge < -0.3 is 10.2 Å². The lowest BCUT2D eigenvalue weighted by atomic mass is 9.98. The van der Waals surface area contributed by atoms with E-state index < -0.39 is 0 Å². The Labute approximate surface area is 115 Å². The van der Waals surface area contributed by atoms with Crippen LogP contribution in [0.15, 0.2) is 4.99 Å². The fraction of sp³-hybridized carbons (Fsp3) is 0.846. The monoisotopic (exact) mass is 271 g/mol. The third-order valence-electron chi connectivity index (χ3n) is 3.46. The smallest absolute Gasteiger partial charge is 0.230 e. The van der Waals surface area contributed by atoms with E-state index in [1.54, 1.807) is 11.8 Å². The van der Waals surface area contributed by atoms with E-state index in [1.807, 2.05) is 6.92 Å². The van der Waals surface area contributed by atoms with Crippen LogP contribution in [0, 0.1) is 5.92 Å². The van der Waals surface area contributed by atoms with Crippen molar-refractivity contribution in [3.63, 3.8) is 0 Å². The highest BCUT2D eigenvalue weighted by atomic mass is 32.2. The predicted molar refractivity (Wildman–Crippen MR) is 79.1 cm³/mol. The lowest BCUT2D eigenvalue weighted by molar-refractivity contribution is -0.124. The van der Waals surface area contributed by atoms with Gasteiger partial charge in [0.05, 0.1) is 12.0 Å². The maximum Gasteiger partial charge on any atom is 0.230 e. The summed E-state index contributed by atoms with van der Waals surface area (Å²) in [5.74, 6) is 1.09. The van der Waals surface area contributed by atoms with Crippen molar-refractivity contribution >= 4 is 22.8 Å². The first-order valence-electron chi connectivity index (χ1n) is 6.86. The van der Waals surface area contributed by atoms with Gasteiger partial charge in [0.25, 0.3) is 0 Å². The number of amides is 1. The van der Waals surface area contributed by atoms with Crippen LogP contribution in [0.1, 0.15) is 34.1 Å². The zero-order valence-corrected chi connectivity index (χ0v) is 12.7. The Hall–Kier alpha value is -0.550. The maximum atomic E-state index is 11.8. The standard InChI is InChI=1S/C13H25N3OS/c1-5-11-10(4)12(17)15-13(14-11)18-9-8-16(6-2)7-3/h10-11H,5-9H2,1-4H3,(H,14,15,17). The molecule has 0 aromatic heterocycles. The molecule has 0 fully saturated rings. The Morgan fingerprint density at radius 2 is 2.00 bits per heavy atom. The first kappa shape index (κ1) is 15.5. The molecule has 0 saturated carbocycles. The topological polar surface area (TPSA) is 44.7 Å². The lowest BCUT2D eigenvalue weighted by Gasteiger charge is -2.25. The minimum Gasteiger partial charge on any atom is -0.305 e. The van der Waals surface area contributed by atoms with E-state index in [2.05, 4.69) is 36.0 Å². The molecule has 2 unspecified atom stereocenters. The van der Waals surface area contributed by atoms with Crippen molar-refractivity contribution in [3.8, 4) is 0 Å². The van der Waals surface area contributed by atoms with Crippen molar-refractivity contribution in [1.29, 1.82) is 0 Å². The highest BCUT2D eigenvalue weighted by molar-refractivity contribution is 8.13. The number of aliphatic imine (C=N–C) groups is 1. The predicted octanol–water partition coefficient (Wildman–Crippen LogP) is 1.96. The molecule has 4 nitrogen and oxygen atoms in total. The summed E-state index contributed by atoms with van der Waals surface area (Å²) in [6.07, 6.45) is 0.925. The van der Waals surface area contributed by atoms with Crippen molar-refractivity contribution < 1.29 is 4.79 Å². The van der Waals surface area contributed by atoms with Crippen molar-refractivity contribution in [2.75, 3.05) is 25.4 Å². The first-order chi connectivity index (χ1) is 8.62. The molecule has 0 bridgehead atoms. The number of rotatable bonds is 6. The Kier molecular flexibility index (Phi) is 6.71. The Balaban J connectivity index is 2.44. The number of nitrogens with zero attached hydrogens (tertiary/aromatic N) is 2. The van der Waals surface area contributed by atoms with Gasteiger partial charge in [0.15, 0.2) is 5.17 Å². The van der Waals surface area contributed by atoms with Gasteiger partial charge >= 0.3 is 0 Å². The molecule has 1 N–H and O–H groups in total. The molecule has 1 aliphatic rings. The van der Waals surface area contributed by atoms with E-state index >= 15 is 0 Å². The highest BCUT2D eigenvalue weighted by Gasteiger charge is 2.28. The van der Waals surface area contributed by atoms with E-state index in [1.165, 1.54) is 0 Å². The molecule has 1 rings (SSSR count). The molecule has 18 heavy (non-hydrogen) atoms. The molecular formula is C13H25N3OS. The molecular weight excluding hydrogens is 246 g/mol. The number of amidine groups is 1. The van der Waals surface area contributed by atoms with Crippen LogP contribution < -0.4 is 5.32 Å². The Morgan fingerprint density at radius 1 is 1.33 bits per heavy atom. The van der Waals surface area contributed by atoms with Crippen LogP contribution in [0.25, 0.3) is 0 Å². The van der Waals surface area contributed by atoms with Gasteiger partial charge in [-0.15, -0.1) is 0 Å². The Morgan fingerprint density at radius 3 is 2.56 bits per heavy atom. The number of nitrogens with one attached hydrogen (secondary N) is 1. The van der Waals surface area contributed by atoms with Gasteiger partial charge in [0, 0.05) is 12.3 Å². The molecule has 0 spiro atoms. The number of hydrogen-bond acceptors (Lipinski definition) is 4. The quantitative estimate of drug-likeness (QED) is 0.803. The van der Waals surface area contributed by atoms with E-state index in [-0.39, 0.29) is 17.9 Å². The summed E-state index contributed by atoms with van der Waals surface area (Å²) >= 11 is 1.66. The second kappa shape index (κ2) is 7.79. The van der Waals surface area contributed by atoms with Crippen molar-refractivity contribution in [2.24, 2.45) is 10.9 Å². The van der Waals surface area contributed by atoms with Crippen LogP contribution in [0.2, 0.25) is 0 Å². The molecule has 0 saturated heterocycles. The molecule has 1 amide bonds. The van der Waals surface area contributed by atoms with Gasteiger partial charge in [0.1, 0.15) is 0 Å². The molecule has 0 aromatic carbocycles. The fourth-order valence-electron chi connectivity index (χ4n) is 2.02. The van der Waals surface area contributed by atoms with Gasteiger partial charge in [-0.2, -0.15) is 0 Å². The number of hydrogen-bond donors (Lipinski definition) is 1. The van der Waals surface area contributed by atoms with Gasteiger partial charge in [-0.3, -0.25) is 9.79 Å². The molecule has 1 aliphatic heterocycles. The summed E-state index contributed by atoms with van der Waals surface area (Å²) in [7, 11) is 0. The van der Waals surface area contributed by atoms with Crippen LogP contribution in [0.4, 0.5) is 0 Å². The molecule has 0 radical (unpaired) electrons. The Bertz CT molecular complexity index is 303. The molecule has 5 heteroatoms. The van der Waals surface area contributed by atoms with Crippen molar-refractivity contribution in [3.05, 3.63) is 0 Å². The minimum absolute atomic E-state index is 0.00197. The zero-order chi connectivity index (χ0) is 13.5. The summed E-state index contributed by atoms with van der Waals surface area (Å²) in [5.41, 5.74) is 0. The average molecular weight is 271 g/mol. The van der Waals surface area contributed by atoms with Crippen LogP contribution in [-0.2, 0) is 4.79 Å². The summed E-state index contributed by atoms with van der Waals surface area (Å²) in [6.45, 7) is 11.6. The summed E-state index contributed by atoms with van der Waals surface area (Å²) in [6, 6.07) is 0.148. The van der Waals surface area contributed by atoms with Crippen LogP contribution in [-0.4, -0.2) is 47.4 Å². The highest BCUT2D eigenvalue weighted by Crippen LogP contribution is 2.18. The summed E-state index contributed by atoms with van der Waals surface area (Å²) in [5, 5.41) is 3.70. The largest absolute Gasteiger partial charge is 0.305 e. The van der Waals surface area contributed by atoms with E-state index in [0.29, 0.717) is 0 Å². The molecule has 2 atom stereocenters. The maximum absolute atomic E-state index is 11.8. The first-order valence-corrected chi connectivity index (χ1v) is 7.84. The van der Waals surface area contributed by atoms with Gasteiger partial charge in [0.2, 0.25) is 5.91 Å². The van der Waals surface area contributed by atoms with Gasteiger partial charge in [-0.25, -0.2) is 0 Å².